The predicted octanol–water partition coefficient (Wildman–Crippen LogP) is 3.30. The van der Waals surface area contributed by atoms with Gasteiger partial charge in [-0.3, -0.25) is 9.69 Å². The maximum atomic E-state index is 12.7. The minimum atomic E-state index is 0.245. The molecule has 0 aromatic heterocycles. The number of rotatable bonds is 5. The molecule has 0 N–H and O–H groups in total. The van der Waals surface area contributed by atoms with Crippen LogP contribution in [0.4, 0.5) is 0 Å². The van der Waals surface area contributed by atoms with Gasteiger partial charge in [0.1, 0.15) is 11.5 Å². The van der Waals surface area contributed by atoms with Crippen molar-refractivity contribution in [3.8, 4) is 11.5 Å². The fourth-order valence-corrected chi connectivity index (χ4v) is 4.22. The van der Waals surface area contributed by atoms with Crippen LogP contribution in [0.15, 0.2) is 48.5 Å². The van der Waals surface area contributed by atoms with Crippen LogP contribution >= 0.6 is 0 Å². The molecule has 1 fully saturated rings. The van der Waals surface area contributed by atoms with Crippen LogP contribution in [-0.4, -0.2) is 55.6 Å². The summed E-state index contributed by atoms with van der Waals surface area (Å²) < 4.78 is 11.1. The van der Waals surface area contributed by atoms with E-state index in [1.807, 2.05) is 29.2 Å². The van der Waals surface area contributed by atoms with Gasteiger partial charge in [-0.1, -0.05) is 30.3 Å². The summed E-state index contributed by atoms with van der Waals surface area (Å²) in [6.07, 6.45) is 2.32. The third kappa shape index (κ3) is 4.14. The summed E-state index contributed by atoms with van der Waals surface area (Å²) in [4.78, 5) is 17.2. The number of carbonyl (C=O) groups excluding carboxylic acids is 1. The van der Waals surface area contributed by atoms with Crippen LogP contribution in [-0.2, 0) is 11.2 Å². The second kappa shape index (κ2) is 8.65. The number of fused-ring (bicyclic) bond motifs is 1. The summed E-state index contributed by atoms with van der Waals surface area (Å²) in [6.45, 7) is 4.21. The zero-order valence-electron chi connectivity index (χ0n) is 16.5. The Bertz CT molecular complexity index is 815. The second-order valence-electron chi connectivity index (χ2n) is 7.46. The number of para-hydroxylation sites is 1. The van der Waals surface area contributed by atoms with E-state index in [-0.39, 0.29) is 5.91 Å². The van der Waals surface area contributed by atoms with E-state index in [0.717, 1.165) is 62.7 Å². The summed E-state index contributed by atoms with van der Waals surface area (Å²) >= 11 is 0. The highest BCUT2D eigenvalue weighted by molar-refractivity contribution is 5.76. The summed E-state index contributed by atoms with van der Waals surface area (Å²) in [7, 11) is 1.67. The third-order valence-electron chi connectivity index (χ3n) is 5.80. The number of ether oxygens (including phenoxy) is 2. The Morgan fingerprint density at radius 2 is 1.93 bits per heavy atom. The van der Waals surface area contributed by atoms with Gasteiger partial charge in [0.2, 0.25) is 5.91 Å². The predicted molar refractivity (Wildman–Crippen MR) is 109 cm³/mol. The Morgan fingerprint density at radius 1 is 1.11 bits per heavy atom. The zero-order chi connectivity index (χ0) is 19.3. The molecule has 2 aliphatic heterocycles. The molecule has 148 valence electrons. The van der Waals surface area contributed by atoms with Crippen molar-refractivity contribution in [1.82, 2.24) is 9.80 Å². The number of hydrogen-bond acceptors (Lipinski definition) is 4. The molecular formula is C23H28N2O3. The van der Waals surface area contributed by atoms with Gasteiger partial charge in [0.05, 0.1) is 13.7 Å². The highest BCUT2D eigenvalue weighted by atomic mass is 16.5. The monoisotopic (exact) mass is 380 g/mol. The number of methoxy groups -OCH3 is 1. The van der Waals surface area contributed by atoms with Gasteiger partial charge in [-0.2, -0.15) is 0 Å². The maximum Gasteiger partial charge on any atom is 0.222 e. The minimum Gasteiger partial charge on any atom is -0.497 e. The number of piperazine rings is 1. The lowest BCUT2D eigenvalue weighted by molar-refractivity contribution is -0.133. The van der Waals surface area contributed by atoms with Crippen LogP contribution < -0.4 is 9.47 Å². The summed E-state index contributed by atoms with van der Waals surface area (Å²) in [6, 6.07) is 16.7. The molecule has 0 aliphatic carbocycles. The van der Waals surface area contributed by atoms with Crippen LogP contribution in [0, 0.1) is 0 Å². The zero-order valence-corrected chi connectivity index (χ0v) is 16.5. The topological polar surface area (TPSA) is 42.0 Å². The Kier molecular flexibility index (Phi) is 5.81. The normalized spacial score (nSPS) is 19.6. The van der Waals surface area contributed by atoms with E-state index in [2.05, 4.69) is 29.2 Å². The van der Waals surface area contributed by atoms with E-state index < -0.39 is 0 Å². The average molecular weight is 380 g/mol. The Labute approximate surface area is 166 Å². The van der Waals surface area contributed by atoms with Gasteiger partial charge in [0, 0.05) is 50.6 Å². The SMILES string of the molecule is COc1cccc(CCC(=O)N2CCN(C3CCOc4ccccc43)CC2)c1. The minimum absolute atomic E-state index is 0.245. The Hall–Kier alpha value is -2.53. The van der Waals surface area contributed by atoms with Crippen molar-refractivity contribution in [2.45, 2.75) is 25.3 Å². The number of nitrogens with zero attached hydrogens (tertiary/aromatic N) is 2. The van der Waals surface area contributed by atoms with Gasteiger partial charge < -0.3 is 14.4 Å². The quantitative estimate of drug-likeness (QED) is 0.798. The first-order valence-corrected chi connectivity index (χ1v) is 10.1. The highest BCUT2D eigenvalue weighted by Gasteiger charge is 2.30. The molecular weight excluding hydrogens is 352 g/mol. The molecule has 5 heteroatoms. The molecule has 0 radical (unpaired) electrons. The van der Waals surface area contributed by atoms with E-state index in [1.54, 1.807) is 7.11 Å². The van der Waals surface area contributed by atoms with Gasteiger partial charge >= 0.3 is 0 Å². The number of amides is 1. The van der Waals surface area contributed by atoms with Gasteiger partial charge in [0.25, 0.3) is 0 Å². The van der Waals surface area contributed by atoms with Crippen molar-refractivity contribution in [3.05, 3.63) is 59.7 Å². The van der Waals surface area contributed by atoms with Gasteiger partial charge in [-0.15, -0.1) is 0 Å². The molecule has 4 rings (SSSR count). The second-order valence-corrected chi connectivity index (χ2v) is 7.46. The molecule has 2 aromatic rings. The van der Waals surface area contributed by atoms with Crippen molar-refractivity contribution in [1.29, 1.82) is 0 Å². The fourth-order valence-electron chi connectivity index (χ4n) is 4.22. The molecule has 2 aromatic carbocycles. The molecule has 0 saturated carbocycles. The highest BCUT2D eigenvalue weighted by Crippen LogP contribution is 2.36. The van der Waals surface area contributed by atoms with Crippen molar-refractivity contribution < 1.29 is 14.3 Å². The van der Waals surface area contributed by atoms with E-state index in [0.29, 0.717) is 12.5 Å². The molecule has 2 heterocycles. The first-order chi connectivity index (χ1) is 13.7. The van der Waals surface area contributed by atoms with Crippen LogP contribution in [0.3, 0.4) is 0 Å². The number of aryl methyl sites for hydroxylation is 1. The summed E-state index contributed by atoms with van der Waals surface area (Å²) in [5.74, 6) is 2.10. The largest absolute Gasteiger partial charge is 0.497 e. The first kappa shape index (κ1) is 18.8. The fraction of sp³-hybridized carbons (Fsp3) is 0.435. The number of hydrogen-bond donors (Lipinski definition) is 0. The van der Waals surface area contributed by atoms with Crippen LogP contribution in [0.25, 0.3) is 0 Å². The van der Waals surface area contributed by atoms with E-state index in [1.165, 1.54) is 5.56 Å². The van der Waals surface area contributed by atoms with Gasteiger partial charge in [0.15, 0.2) is 0 Å². The lowest BCUT2D eigenvalue weighted by Gasteiger charge is -2.41. The molecule has 1 atom stereocenters. The van der Waals surface area contributed by atoms with Crippen LogP contribution in [0.2, 0.25) is 0 Å². The van der Waals surface area contributed by atoms with Crippen molar-refractivity contribution in [2.24, 2.45) is 0 Å². The molecule has 0 bridgehead atoms. The Balaban J connectivity index is 1.30. The molecule has 2 aliphatic rings. The standard InChI is InChI=1S/C23H28N2O3/c1-27-19-6-4-5-18(17-19)9-10-23(26)25-14-12-24(13-15-25)21-11-16-28-22-8-3-2-7-20(21)22/h2-8,17,21H,9-16H2,1H3. The first-order valence-electron chi connectivity index (χ1n) is 10.1. The number of benzene rings is 2. The summed E-state index contributed by atoms with van der Waals surface area (Å²) in [5.41, 5.74) is 2.43. The van der Waals surface area contributed by atoms with E-state index in [9.17, 15) is 4.79 Å². The molecule has 1 amide bonds. The number of carbonyl (C=O) groups is 1. The lowest BCUT2D eigenvalue weighted by atomic mass is 9.98. The Morgan fingerprint density at radius 3 is 2.75 bits per heavy atom. The average Bonchev–Trinajstić information content (AvgIpc) is 2.77. The molecule has 1 unspecified atom stereocenters. The van der Waals surface area contributed by atoms with Gasteiger partial charge in [-0.05, 0) is 30.2 Å². The van der Waals surface area contributed by atoms with Crippen LogP contribution in [0.5, 0.6) is 11.5 Å². The third-order valence-corrected chi connectivity index (χ3v) is 5.80. The van der Waals surface area contributed by atoms with Crippen molar-refractivity contribution in [3.63, 3.8) is 0 Å². The summed E-state index contributed by atoms with van der Waals surface area (Å²) in [5, 5.41) is 0. The molecule has 28 heavy (non-hydrogen) atoms. The van der Waals surface area contributed by atoms with E-state index >= 15 is 0 Å². The molecule has 0 spiro atoms. The van der Waals surface area contributed by atoms with Crippen molar-refractivity contribution >= 4 is 5.91 Å². The molecule has 1 saturated heterocycles. The van der Waals surface area contributed by atoms with Crippen molar-refractivity contribution in [2.75, 3.05) is 39.9 Å². The van der Waals surface area contributed by atoms with E-state index in [4.69, 9.17) is 9.47 Å². The maximum absolute atomic E-state index is 12.7. The van der Waals surface area contributed by atoms with Crippen LogP contribution in [0.1, 0.15) is 30.0 Å². The van der Waals surface area contributed by atoms with Gasteiger partial charge in [-0.25, -0.2) is 0 Å². The molecule has 5 nitrogen and oxygen atoms in total. The lowest BCUT2D eigenvalue weighted by Crippen LogP contribution is -2.50. The smallest absolute Gasteiger partial charge is 0.222 e.